The lowest BCUT2D eigenvalue weighted by Crippen LogP contribution is -2.45. The average molecular weight is 511 g/mol. The van der Waals surface area contributed by atoms with E-state index in [0.717, 1.165) is 53.9 Å². The summed E-state index contributed by atoms with van der Waals surface area (Å²) in [6.45, 7) is 0. The minimum Gasteiger partial charge on any atom is -0.511 e. The standard InChI is InChI=1S/C27H27ClN2O4S/c1-33-23-11-10-17(14-20(23)28)12-13-27(18-6-2-3-7-18)15-22(31)24(26(32)34-27)35-25-19-8-4-5-9-21(19)29-16-30-25/h4-5,8-11,14,16,18,31H,2-3,6-7,12-13,15H2,1H3. The Balaban J connectivity index is 1.42. The molecule has 1 aromatic heterocycles. The number of aryl methyl sites for hydroxylation is 1. The zero-order valence-corrected chi connectivity index (χ0v) is 21.1. The Morgan fingerprint density at radius 3 is 2.74 bits per heavy atom. The van der Waals surface area contributed by atoms with Crippen molar-refractivity contribution in [1.29, 1.82) is 0 Å². The lowest BCUT2D eigenvalue weighted by Gasteiger charge is -2.41. The molecular weight excluding hydrogens is 484 g/mol. The topological polar surface area (TPSA) is 81.5 Å². The molecule has 1 N–H and O–H groups in total. The summed E-state index contributed by atoms with van der Waals surface area (Å²) in [6, 6.07) is 13.3. The van der Waals surface area contributed by atoms with Crippen LogP contribution in [0.3, 0.4) is 0 Å². The second kappa shape index (κ2) is 10.1. The Hall–Kier alpha value is -2.77. The van der Waals surface area contributed by atoms with Gasteiger partial charge in [0.1, 0.15) is 33.4 Å². The number of ether oxygens (including phenoxy) is 2. The number of thioether (sulfide) groups is 1. The maximum atomic E-state index is 13.3. The third-order valence-corrected chi connectivity index (χ3v) is 8.49. The van der Waals surface area contributed by atoms with Crippen molar-refractivity contribution in [1.82, 2.24) is 9.97 Å². The first-order valence-corrected chi connectivity index (χ1v) is 13.0. The van der Waals surface area contributed by atoms with E-state index >= 15 is 0 Å². The maximum absolute atomic E-state index is 13.3. The van der Waals surface area contributed by atoms with E-state index in [0.29, 0.717) is 35.1 Å². The highest BCUT2D eigenvalue weighted by Crippen LogP contribution is 2.48. The molecule has 182 valence electrons. The molecule has 1 aliphatic carbocycles. The number of halogens is 1. The van der Waals surface area contributed by atoms with Crippen molar-refractivity contribution in [3.8, 4) is 5.75 Å². The molecule has 6 nitrogen and oxygen atoms in total. The van der Waals surface area contributed by atoms with Gasteiger partial charge in [0, 0.05) is 11.8 Å². The van der Waals surface area contributed by atoms with Crippen LogP contribution in [0, 0.1) is 5.92 Å². The molecule has 1 saturated carbocycles. The molecule has 35 heavy (non-hydrogen) atoms. The van der Waals surface area contributed by atoms with Crippen LogP contribution in [0.25, 0.3) is 10.9 Å². The van der Waals surface area contributed by atoms with E-state index in [4.69, 9.17) is 21.1 Å². The third kappa shape index (κ3) is 4.84. The van der Waals surface area contributed by atoms with Gasteiger partial charge in [0.15, 0.2) is 0 Å². The van der Waals surface area contributed by atoms with E-state index < -0.39 is 11.6 Å². The zero-order chi connectivity index (χ0) is 24.4. The van der Waals surface area contributed by atoms with Gasteiger partial charge in [-0.25, -0.2) is 14.8 Å². The molecule has 1 fully saturated rings. The van der Waals surface area contributed by atoms with Crippen LogP contribution in [0.4, 0.5) is 0 Å². The van der Waals surface area contributed by atoms with Crippen LogP contribution >= 0.6 is 23.4 Å². The highest BCUT2D eigenvalue weighted by atomic mass is 35.5. The number of aliphatic hydroxyl groups excluding tert-OH is 1. The number of methoxy groups -OCH3 is 1. The average Bonchev–Trinajstić information content (AvgIpc) is 3.41. The number of hydrogen-bond donors (Lipinski definition) is 1. The predicted octanol–water partition coefficient (Wildman–Crippen LogP) is 6.66. The number of benzene rings is 2. The first kappa shape index (κ1) is 23.9. The van der Waals surface area contributed by atoms with Gasteiger partial charge in [-0.1, -0.05) is 60.5 Å². The van der Waals surface area contributed by atoms with Gasteiger partial charge >= 0.3 is 5.97 Å². The highest BCUT2D eigenvalue weighted by molar-refractivity contribution is 8.04. The zero-order valence-electron chi connectivity index (χ0n) is 19.5. The van der Waals surface area contributed by atoms with Crippen molar-refractivity contribution in [2.75, 3.05) is 7.11 Å². The van der Waals surface area contributed by atoms with Crippen LogP contribution in [-0.2, 0) is 16.0 Å². The monoisotopic (exact) mass is 510 g/mol. The molecule has 0 bridgehead atoms. The molecule has 1 aliphatic heterocycles. The second-order valence-electron chi connectivity index (χ2n) is 9.16. The summed E-state index contributed by atoms with van der Waals surface area (Å²) in [7, 11) is 1.59. The summed E-state index contributed by atoms with van der Waals surface area (Å²) in [5.74, 6) is 0.438. The molecule has 0 saturated heterocycles. The summed E-state index contributed by atoms with van der Waals surface area (Å²) in [4.78, 5) is 22.2. The van der Waals surface area contributed by atoms with E-state index in [1.807, 2.05) is 42.5 Å². The number of aromatic nitrogens is 2. The van der Waals surface area contributed by atoms with Gasteiger partial charge in [-0.2, -0.15) is 0 Å². The lowest BCUT2D eigenvalue weighted by atomic mass is 9.77. The predicted molar refractivity (Wildman–Crippen MR) is 137 cm³/mol. The number of esters is 1. The fraction of sp³-hybridized carbons (Fsp3) is 0.370. The summed E-state index contributed by atoms with van der Waals surface area (Å²) < 4.78 is 11.5. The van der Waals surface area contributed by atoms with Gasteiger partial charge in [-0.05, 0) is 55.4 Å². The molecule has 0 amide bonds. The van der Waals surface area contributed by atoms with Gasteiger partial charge in [-0.15, -0.1) is 0 Å². The van der Waals surface area contributed by atoms with Crippen LogP contribution in [0.15, 0.2) is 64.5 Å². The summed E-state index contributed by atoms with van der Waals surface area (Å²) in [5, 5.41) is 13.2. The van der Waals surface area contributed by atoms with Gasteiger partial charge in [0.25, 0.3) is 0 Å². The quantitative estimate of drug-likeness (QED) is 0.281. The molecule has 0 spiro atoms. The van der Waals surface area contributed by atoms with Gasteiger partial charge in [0.2, 0.25) is 0 Å². The molecule has 1 unspecified atom stereocenters. The van der Waals surface area contributed by atoms with Crippen LogP contribution in [0.2, 0.25) is 5.02 Å². The second-order valence-corrected chi connectivity index (χ2v) is 10.6. The fourth-order valence-electron chi connectivity index (χ4n) is 5.25. The lowest BCUT2D eigenvalue weighted by molar-refractivity contribution is -0.166. The van der Waals surface area contributed by atoms with Crippen molar-refractivity contribution in [2.24, 2.45) is 5.92 Å². The number of fused-ring (bicyclic) bond motifs is 1. The minimum atomic E-state index is -0.734. The molecular formula is C27H27ClN2O4S. The van der Waals surface area contributed by atoms with Crippen molar-refractivity contribution < 1.29 is 19.4 Å². The van der Waals surface area contributed by atoms with Crippen molar-refractivity contribution in [2.45, 2.75) is 55.6 Å². The van der Waals surface area contributed by atoms with Crippen molar-refractivity contribution in [3.05, 3.63) is 70.0 Å². The summed E-state index contributed by atoms with van der Waals surface area (Å²) in [6.07, 6.45) is 7.27. The number of cyclic esters (lactones) is 1. The molecule has 2 heterocycles. The van der Waals surface area contributed by atoms with Gasteiger partial charge in [-0.3, -0.25) is 0 Å². The molecule has 2 aliphatic rings. The van der Waals surface area contributed by atoms with Gasteiger partial charge in [0.05, 0.1) is 17.6 Å². The fourth-order valence-corrected chi connectivity index (χ4v) is 6.42. The Morgan fingerprint density at radius 1 is 1.20 bits per heavy atom. The molecule has 5 rings (SSSR count). The Labute approximate surface area is 213 Å². The normalized spacial score (nSPS) is 20.9. The smallest absolute Gasteiger partial charge is 0.349 e. The largest absolute Gasteiger partial charge is 0.511 e. The van der Waals surface area contributed by atoms with Crippen LogP contribution in [0.5, 0.6) is 5.75 Å². The summed E-state index contributed by atoms with van der Waals surface area (Å²) in [5.41, 5.74) is 1.09. The maximum Gasteiger partial charge on any atom is 0.349 e. The van der Waals surface area contributed by atoms with E-state index in [2.05, 4.69) is 9.97 Å². The van der Waals surface area contributed by atoms with E-state index in [1.54, 1.807) is 7.11 Å². The summed E-state index contributed by atoms with van der Waals surface area (Å²) >= 11 is 7.47. The Bertz CT molecular complexity index is 1290. The molecule has 2 aromatic carbocycles. The van der Waals surface area contributed by atoms with Crippen molar-refractivity contribution >= 4 is 40.2 Å². The number of hydrogen-bond acceptors (Lipinski definition) is 7. The molecule has 3 aromatic rings. The number of carbonyl (C=O) groups is 1. The van der Waals surface area contributed by atoms with E-state index in [1.165, 1.54) is 6.33 Å². The Kier molecular flexibility index (Phi) is 6.89. The number of rotatable bonds is 7. The first-order chi connectivity index (χ1) is 17.0. The number of nitrogens with zero attached hydrogens (tertiary/aromatic N) is 2. The van der Waals surface area contributed by atoms with Gasteiger partial charge < -0.3 is 14.6 Å². The van der Waals surface area contributed by atoms with Crippen LogP contribution < -0.4 is 4.74 Å². The SMILES string of the molecule is COc1ccc(CCC2(C3CCCC3)CC(O)=C(Sc3ncnc4ccccc34)C(=O)O2)cc1Cl. The third-order valence-electron chi connectivity index (χ3n) is 7.07. The molecule has 8 heteroatoms. The van der Waals surface area contributed by atoms with E-state index in [-0.39, 0.29) is 16.6 Å². The van der Waals surface area contributed by atoms with Crippen LogP contribution in [-0.4, -0.2) is 33.8 Å². The van der Waals surface area contributed by atoms with Crippen molar-refractivity contribution in [3.63, 3.8) is 0 Å². The molecule has 0 radical (unpaired) electrons. The number of carbonyl (C=O) groups excluding carboxylic acids is 1. The van der Waals surface area contributed by atoms with Crippen LogP contribution in [0.1, 0.15) is 44.1 Å². The van der Waals surface area contributed by atoms with E-state index in [9.17, 15) is 9.90 Å². The molecule has 1 atom stereocenters. The number of para-hydroxylation sites is 1. The number of aliphatic hydroxyl groups is 1. The Morgan fingerprint density at radius 2 is 2.00 bits per heavy atom. The minimum absolute atomic E-state index is 0.0774. The first-order valence-electron chi connectivity index (χ1n) is 11.8. The highest BCUT2D eigenvalue weighted by Gasteiger charge is 2.48.